The van der Waals surface area contributed by atoms with Crippen LogP contribution in [-0.4, -0.2) is 9.91 Å². The molecule has 0 saturated carbocycles. The Morgan fingerprint density at radius 3 is 2.50 bits per heavy atom. The van der Waals surface area contributed by atoms with Crippen molar-refractivity contribution in [3.8, 4) is 22.8 Å². The van der Waals surface area contributed by atoms with Crippen LogP contribution in [0.1, 0.15) is 0 Å². The summed E-state index contributed by atoms with van der Waals surface area (Å²) >= 11 is 0. The zero-order valence-corrected chi connectivity index (χ0v) is 10.4. The first-order valence-corrected chi connectivity index (χ1v) is 6.00. The lowest BCUT2D eigenvalue weighted by Crippen LogP contribution is -1.87. The van der Waals surface area contributed by atoms with Crippen LogP contribution >= 0.6 is 0 Å². The molecule has 0 radical (unpaired) electrons. The highest BCUT2D eigenvalue weighted by Gasteiger charge is 2.11. The fraction of sp³-hybridized carbons (Fsp3) is 0. The number of rotatable bonds is 3. The smallest absolute Gasteiger partial charge is 0.270 e. The lowest BCUT2D eigenvalue weighted by Gasteiger charge is -1.97. The molecule has 5 heteroatoms. The van der Waals surface area contributed by atoms with E-state index in [1.807, 2.05) is 30.3 Å². The van der Waals surface area contributed by atoms with Gasteiger partial charge < -0.3 is 4.42 Å². The Kier molecular flexibility index (Phi) is 3.01. The molecule has 0 N–H and O–H groups in total. The molecule has 20 heavy (non-hydrogen) atoms. The number of nitrogens with zero attached hydrogens (tertiary/aromatic N) is 2. The fourth-order valence-electron chi connectivity index (χ4n) is 1.89. The van der Waals surface area contributed by atoms with E-state index < -0.39 is 4.92 Å². The van der Waals surface area contributed by atoms with Gasteiger partial charge in [0.15, 0.2) is 5.76 Å². The minimum Gasteiger partial charge on any atom is -0.436 e. The average Bonchev–Trinajstić information content (AvgIpc) is 2.98. The highest BCUT2D eigenvalue weighted by molar-refractivity contribution is 5.63. The van der Waals surface area contributed by atoms with Gasteiger partial charge >= 0.3 is 0 Å². The molecule has 0 fully saturated rings. The van der Waals surface area contributed by atoms with E-state index in [4.69, 9.17) is 4.42 Å². The summed E-state index contributed by atoms with van der Waals surface area (Å²) in [5.74, 6) is 1.000. The van der Waals surface area contributed by atoms with Gasteiger partial charge in [-0.15, -0.1) is 0 Å². The lowest BCUT2D eigenvalue weighted by atomic mass is 10.2. The van der Waals surface area contributed by atoms with Gasteiger partial charge in [0, 0.05) is 23.3 Å². The summed E-state index contributed by atoms with van der Waals surface area (Å²) in [6, 6.07) is 15.8. The average molecular weight is 266 g/mol. The molecular weight excluding hydrogens is 256 g/mol. The van der Waals surface area contributed by atoms with Crippen LogP contribution in [-0.2, 0) is 0 Å². The van der Waals surface area contributed by atoms with Crippen LogP contribution in [0.5, 0.6) is 0 Å². The molecule has 0 amide bonds. The van der Waals surface area contributed by atoms with E-state index >= 15 is 0 Å². The number of hydrogen-bond donors (Lipinski definition) is 0. The van der Waals surface area contributed by atoms with Crippen molar-refractivity contribution in [2.24, 2.45) is 0 Å². The molecule has 3 aromatic rings. The number of aromatic nitrogens is 1. The van der Waals surface area contributed by atoms with Crippen LogP contribution in [0.3, 0.4) is 0 Å². The van der Waals surface area contributed by atoms with E-state index in [0.29, 0.717) is 17.2 Å². The molecular formula is C15H10N2O3. The first kappa shape index (κ1) is 12.1. The molecule has 0 bridgehead atoms. The Balaban J connectivity index is 1.98. The van der Waals surface area contributed by atoms with Crippen molar-refractivity contribution >= 4 is 5.69 Å². The molecule has 3 rings (SSSR count). The molecule has 2 aromatic carbocycles. The van der Waals surface area contributed by atoms with Crippen molar-refractivity contribution in [1.82, 2.24) is 4.98 Å². The van der Waals surface area contributed by atoms with Gasteiger partial charge in [-0.25, -0.2) is 4.98 Å². The molecule has 1 aromatic heterocycles. The molecule has 0 atom stereocenters. The van der Waals surface area contributed by atoms with Gasteiger partial charge in [-0.1, -0.05) is 30.3 Å². The summed E-state index contributed by atoms with van der Waals surface area (Å²) in [7, 11) is 0. The maximum atomic E-state index is 10.8. The van der Waals surface area contributed by atoms with Crippen molar-refractivity contribution in [2.75, 3.05) is 0 Å². The summed E-state index contributed by atoms with van der Waals surface area (Å²) in [5, 5.41) is 10.8. The third kappa shape index (κ3) is 2.29. The molecule has 0 saturated heterocycles. The Labute approximate surface area is 114 Å². The van der Waals surface area contributed by atoms with Crippen LogP contribution in [0.2, 0.25) is 0 Å². The van der Waals surface area contributed by atoms with Gasteiger partial charge in [0.05, 0.1) is 11.1 Å². The molecule has 0 aliphatic heterocycles. The normalized spacial score (nSPS) is 10.4. The van der Waals surface area contributed by atoms with Crippen molar-refractivity contribution in [1.29, 1.82) is 0 Å². The monoisotopic (exact) mass is 266 g/mol. The number of oxazole rings is 1. The van der Waals surface area contributed by atoms with Crippen molar-refractivity contribution in [3.05, 3.63) is 70.9 Å². The van der Waals surface area contributed by atoms with Gasteiger partial charge in [-0.05, 0) is 12.1 Å². The highest BCUT2D eigenvalue weighted by Crippen LogP contribution is 2.27. The Morgan fingerprint density at radius 2 is 1.75 bits per heavy atom. The largest absolute Gasteiger partial charge is 0.436 e. The van der Waals surface area contributed by atoms with Gasteiger partial charge in [-0.3, -0.25) is 10.1 Å². The zero-order valence-electron chi connectivity index (χ0n) is 10.4. The number of nitro benzene ring substituents is 1. The van der Waals surface area contributed by atoms with E-state index in [-0.39, 0.29) is 5.69 Å². The van der Waals surface area contributed by atoms with Crippen LogP contribution in [0.25, 0.3) is 22.8 Å². The zero-order chi connectivity index (χ0) is 13.9. The van der Waals surface area contributed by atoms with E-state index in [1.165, 1.54) is 12.1 Å². The van der Waals surface area contributed by atoms with Crippen LogP contribution in [0, 0.1) is 10.1 Å². The first-order chi connectivity index (χ1) is 9.74. The van der Waals surface area contributed by atoms with E-state index in [0.717, 1.165) is 5.56 Å². The van der Waals surface area contributed by atoms with Crippen molar-refractivity contribution in [3.63, 3.8) is 0 Å². The quantitative estimate of drug-likeness (QED) is 0.532. The summed E-state index contributed by atoms with van der Waals surface area (Å²) < 4.78 is 5.66. The van der Waals surface area contributed by atoms with Crippen molar-refractivity contribution in [2.45, 2.75) is 0 Å². The standard InChI is InChI=1S/C15H10N2O3/c18-17(19)13-8-4-7-12(9-13)14-10-16-15(20-14)11-5-2-1-3-6-11/h1-10H. The van der Waals surface area contributed by atoms with Gasteiger partial charge in [0.25, 0.3) is 5.69 Å². The molecule has 0 aliphatic rings. The predicted molar refractivity (Wildman–Crippen MR) is 74.0 cm³/mol. The number of non-ortho nitro benzene ring substituents is 1. The van der Waals surface area contributed by atoms with Crippen LogP contribution in [0.15, 0.2) is 65.2 Å². The van der Waals surface area contributed by atoms with Crippen LogP contribution < -0.4 is 0 Å². The third-order valence-electron chi connectivity index (χ3n) is 2.87. The van der Waals surface area contributed by atoms with Gasteiger partial charge in [-0.2, -0.15) is 0 Å². The maximum Gasteiger partial charge on any atom is 0.270 e. The van der Waals surface area contributed by atoms with E-state index in [9.17, 15) is 10.1 Å². The second-order valence-corrected chi connectivity index (χ2v) is 4.20. The van der Waals surface area contributed by atoms with Crippen molar-refractivity contribution < 1.29 is 9.34 Å². The Morgan fingerprint density at radius 1 is 1.00 bits per heavy atom. The minimum absolute atomic E-state index is 0.0279. The minimum atomic E-state index is -0.433. The molecule has 0 aliphatic carbocycles. The molecule has 5 nitrogen and oxygen atoms in total. The number of nitro groups is 1. The number of hydrogen-bond acceptors (Lipinski definition) is 4. The SMILES string of the molecule is O=[N+]([O-])c1cccc(-c2cnc(-c3ccccc3)o2)c1. The fourth-order valence-corrected chi connectivity index (χ4v) is 1.89. The molecule has 1 heterocycles. The summed E-state index contributed by atoms with van der Waals surface area (Å²) in [5.41, 5.74) is 1.53. The maximum absolute atomic E-state index is 10.8. The second-order valence-electron chi connectivity index (χ2n) is 4.20. The molecule has 98 valence electrons. The highest BCUT2D eigenvalue weighted by atomic mass is 16.6. The van der Waals surface area contributed by atoms with Gasteiger partial charge in [0.2, 0.25) is 5.89 Å². The molecule has 0 spiro atoms. The summed E-state index contributed by atoms with van der Waals surface area (Å²) in [6.45, 7) is 0. The molecule has 0 unspecified atom stereocenters. The predicted octanol–water partition coefficient (Wildman–Crippen LogP) is 3.92. The topological polar surface area (TPSA) is 69.2 Å². The summed E-state index contributed by atoms with van der Waals surface area (Å²) in [6.07, 6.45) is 1.57. The number of benzene rings is 2. The Bertz CT molecular complexity index is 751. The first-order valence-electron chi connectivity index (χ1n) is 6.00. The Hall–Kier alpha value is -2.95. The third-order valence-corrected chi connectivity index (χ3v) is 2.87. The lowest BCUT2D eigenvalue weighted by molar-refractivity contribution is -0.384. The van der Waals surface area contributed by atoms with Gasteiger partial charge in [0.1, 0.15) is 0 Å². The van der Waals surface area contributed by atoms with Crippen LogP contribution in [0.4, 0.5) is 5.69 Å². The van der Waals surface area contributed by atoms with E-state index in [1.54, 1.807) is 18.3 Å². The summed E-state index contributed by atoms with van der Waals surface area (Å²) in [4.78, 5) is 14.5. The van der Waals surface area contributed by atoms with E-state index in [2.05, 4.69) is 4.98 Å². The second kappa shape index (κ2) is 4.97.